The lowest BCUT2D eigenvalue weighted by atomic mass is 10.0. The van der Waals surface area contributed by atoms with Crippen molar-refractivity contribution in [3.63, 3.8) is 0 Å². The van der Waals surface area contributed by atoms with Gasteiger partial charge in [-0.2, -0.15) is 0 Å². The van der Waals surface area contributed by atoms with Gasteiger partial charge in [0.1, 0.15) is 17.4 Å². The largest absolute Gasteiger partial charge is 0.478 e. The molecular formula is C43H51ClN4O4. The average Bonchev–Trinajstić information content (AvgIpc) is 3.12. The molecule has 2 N–H and O–H groups in total. The first kappa shape index (κ1) is 41.3. The predicted octanol–water partition coefficient (Wildman–Crippen LogP) is 10.0. The molecule has 274 valence electrons. The van der Waals surface area contributed by atoms with Gasteiger partial charge in [0.25, 0.3) is 5.91 Å². The highest BCUT2D eigenvalue weighted by molar-refractivity contribution is 6.30. The molecule has 0 aliphatic carbocycles. The number of amides is 2. The van der Waals surface area contributed by atoms with E-state index in [1.165, 1.54) is 0 Å². The van der Waals surface area contributed by atoms with Crippen LogP contribution in [0.5, 0.6) is 5.75 Å². The van der Waals surface area contributed by atoms with Gasteiger partial charge in [-0.05, 0) is 114 Å². The molecule has 2 aromatic carbocycles. The van der Waals surface area contributed by atoms with Crippen LogP contribution in [-0.2, 0) is 16.1 Å². The van der Waals surface area contributed by atoms with Crippen molar-refractivity contribution < 1.29 is 19.1 Å². The molecule has 1 aromatic heterocycles. The zero-order valence-corrected chi connectivity index (χ0v) is 31.5. The maximum Gasteiger partial charge on any atom is 0.263 e. The zero-order chi connectivity index (χ0) is 37.6. The fraction of sp³-hybridized carbons (Fsp3) is 0.326. The molecule has 52 heavy (non-hydrogen) atoms. The van der Waals surface area contributed by atoms with Crippen LogP contribution in [0, 0.1) is 6.92 Å². The van der Waals surface area contributed by atoms with Gasteiger partial charge < -0.3 is 15.4 Å². The number of ketones is 1. The van der Waals surface area contributed by atoms with E-state index in [2.05, 4.69) is 88.3 Å². The topological polar surface area (TPSA) is 110 Å². The van der Waals surface area contributed by atoms with Gasteiger partial charge in [0.05, 0.1) is 0 Å². The summed E-state index contributed by atoms with van der Waals surface area (Å²) in [5.74, 6) is 0.638. The third-order valence-electron chi connectivity index (χ3n) is 7.76. The fourth-order valence-electron chi connectivity index (χ4n) is 4.85. The molecule has 0 radical (unpaired) electrons. The standard InChI is InChI=1S/C43H51ClN4O4/c1-5-6-7-8-9-10-11-12-13-14-15-16-17-18-19-20-21-22-39(49)48-41-36(31-45-33(2)47-41)32-46-42(51)43(3,4)52-38-29-25-35(26-30-38)40(50)34-23-27-37(44)28-24-34/h6-7,9-10,12-13,15-16,18-19,23-31H,5,8,11,14,17,20-22,32H2,1-4H3,(H,46,51)(H,45,47,48,49)/b7-6-,10-9-,13-12-,16-15-,19-18-. The molecule has 0 unspecified atom stereocenters. The molecule has 0 saturated heterocycles. The van der Waals surface area contributed by atoms with E-state index in [4.69, 9.17) is 16.3 Å². The van der Waals surface area contributed by atoms with Crippen LogP contribution in [-0.4, -0.2) is 33.2 Å². The van der Waals surface area contributed by atoms with Crippen molar-refractivity contribution in [2.75, 3.05) is 5.32 Å². The number of anilines is 1. The lowest BCUT2D eigenvalue weighted by Gasteiger charge is -2.25. The highest BCUT2D eigenvalue weighted by atomic mass is 35.5. The summed E-state index contributed by atoms with van der Waals surface area (Å²) in [6.07, 6.45) is 29.9. The average molecular weight is 723 g/mol. The van der Waals surface area contributed by atoms with E-state index in [1.54, 1.807) is 75.5 Å². The van der Waals surface area contributed by atoms with Crippen molar-refractivity contribution in [3.05, 3.63) is 143 Å². The first-order chi connectivity index (χ1) is 25.1. The van der Waals surface area contributed by atoms with Crippen LogP contribution in [0.1, 0.15) is 99.4 Å². The van der Waals surface area contributed by atoms with E-state index in [0.717, 1.165) is 38.5 Å². The second kappa shape index (κ2) is 22.7. The number of aryl methyl sites for hydroxylation is 1. The third-order valence-corrected chi connectivity index (χ3v) is 8.01. The summed E-state index contributed by atoms with van der Waals surface area (Å²) < 4.78 is 5.99. The van der Waals surface area contributed by atoms with Gasteiger partial charge in [-0.25, -0.2) is 9.97 Å². The molecule has 3 rings (SSSR count). The van der Waals surface area contributed by atoms with Crippen LogP contribution >= 0.6 is 11.6 Å². The highest BCUT2D eigenvalue weighted by Gasteiger charge is 2.30. The van der Waals surface area contributed by atoms with Crippen LogP contribution in [0.25, 0.3) is 0 Å². The number of hydrogen-bond acceptors (Lipinski definition) is 6. The van der Waals surface area contributed by atoms with E-state index in [9.17, 15) is 14.4 Å². The zero-order valence-electron chi connectivity index (χ0n) is 30.7. The van der Waals surface area contributed by atoms with Gasteiger partial charge in [-0.15, -0.1) is 0 Å². The summed E-state index contributed by atoms with van der Waals surface area (Å²) in [5.41, 5.74) is 0.348. The summed E-state index contributed by atoms with van der Waals surface area (Å²) in [6, 6.07) is 13.3. The van der Waals surface area contributed by atoms with Crippen molar-refractivity contribution in [3.8, 4) is 5.75 Å². The Bertz CT molecular complexity index is 1740. The summed E-state index contributed by atoms with van der Waals surface area (Å²) in [5, 5.41) is 6.31. The smallest absolute Gasteiger partial charge is 0.263 e. The lowest BCUT2D eigenvalue weighted by molar-refractivity contribution is -0.134. The first-order valence-corrected chi connectivity index (χ1v) is 18.2. The van der Waals surface area contributed by atoms with Gasteiger partial charge in [0.15, 0.2) is 11.4 Å². The number of hydrogen-bond donors (Lipinski definition) is 2. The Labute approximate surface area is 313 Å². The maximum atomic E-state index is 13.2. The molecule has 0 bridgehead atoms. The van der Waals surface area contributed by atoms with Crippen molar-refractivity contribution in [1.82, 2.24) is 15.3 Å². The van der Waals surface area contributed by atoms with Gasteiger partial charge in [0, 0.05) is 40.9 Å². The predicted molar refractivity (Wildman–Crippen MR) is 212 cm³/mol. The molecule has 1 heterocycles. The number of nitrogens with one attached hydrogen (secondary N) is 2. The van der Waals surface area contributed by atoms with Crippen molar-refractivity contribution in [1.29, 1.82) is 0 Å². The number of unbranched alkanes of at least 4 members (excludes halogenated alkanes) is 1. The number of ether oxygens (including phenoxy) is 1. The summed E-state index contributed by atoms with van der Waals surface area (Å²) in [7, 11) is 0. The number of aromatic nitrogens is 2. The first-order valence-electron chi connectivity index (χ1n) is 17.8. The molecule has 0 aliphatic heterocycles. The number of carbonyl (C=O) groups is 3. The van der Waals surface area contributed by atoms with Crippen LogP contribution < -0.4 is 15.4 Å². The van der Waals surface area contributed by atoms with E-state index < -0.39 is 5.60 Å². The van der Waals surface area contributed by atoms with Crippen LogP contribution in [0.3, 0.4) is 0 Å². The minimum Gasteiger partial charge on any atom is -0.478 e. The molecule has 3 aromatic rings. The number of carbonyl (C=O) groups excluding carboxylic acids is 3. The third kappa shape index (κ3) is 15.4. The van der Waals surface area contributed by atoms with Gasteiger partial charge in [-0.1, -0.05) is 79.3 Å². The summed E-state index contributed by atoms with van der Waals surface area (Å²) in [6.45, 7) is 7.28. The quantitative estimate of drug-likeness (QED) is 0.0643. The minimum absolute atomic E-state index is 0.0933. The van der Waals surface area contributed by atoms with Gasteiger partial charge in [0.2, 0.25) is 5.91 Å². The van der Waals surface area contributed by atoms with Crippen LogP contribution in [0.4, 0.5) is 5.82 Å². The van der Waals surface area contributed by atoms with E-state index in [0.29, 0.717) is 51.9 Å². The Kier molecular flexibility index (Phi) is 18.0. The molecule has 0 aliphatic rings. The SMILES string of the molecule is CC/C=C\C/C=C\C/C=C\C/C=C\C/C=C\CCCC(=O)Nc1nc(C)ncc1CNC(=O)C(C)(C)Oc1ccc(C(=O)c2ccc(Cl)cc2)cc1. The van der Waals surface area contributed by atoms with Crippen molar-refractivity contribution in [2.24, 2.45) is 0 Å². The monoisotopic (exact) mass is 722 g/mol. The maximum absolute atomic E-state index is 13.2. The molecule has 0 fully saturated rings. The highest BCUT2D eigenvalue weighted by Crippen LogP contribution is 2.22. The fourth-order valence-corrected chi connectivity index (χ4v) is 4.97. The van der Waals surface area contributed by atoms with Gasteiger partial charge in [-0.3, -0.25) is 14.4 Å². The Morgan fingerprint density at radius 3 is 1.90 bits per heavy atom. The van der Waals surface area contributed by atoms with Crippen molar-refractivity contribution in [2.45, 2.75) is 91.2 Å². The lowest BCUT2D eigenvalue weighted by Crippen LogP contribution is -2.46. The molecule has 2 amide bonds. The Morgan fingerprint density at radius 2 is 1.33 bits per heavy atom. The number of benzene rings is 2. The van der Waals surface area contributed by atoms with E-state index in [-0.39, 0.29) is 24.1 Å². The second-order valence-corrected chi connectivity index (χ2v) is 13.0. The van der Waals surface area contributed by atoms with E-state index in [1.807, 2.05) is 0 Å². The second-order valence-electron chi connectivity index (χ2n) is 12.6. The molecule has 0 atom stereocenters. The molecule has 0 saturated carbocycles. The Balaban J connectivity index is 1.39. The molecule has 0 spiro atoms. The number of nitrogens with zero attached hydrogens (tertiary/aromatic N) is 2. The summed E-state index contributed by atoms with van der Waals surface area (Å²) >= 11 is 5.93. The molecule has 9 heteroatoms. The Hall–Kier alpha value is -5.08. The van der Waals surface area contributed by atoms with Crippen LogP contribution in [0.15, 0.2) is 115 Å². The number of halogens is 1. The molecular weight excluding hydrogens is 672 g/mol. The van der Waals surface area contributed by atoms with E-state index >= 15 is 0 Å². The Morgan fingerprint density at radius 1 is 0.788 bits per heavy atom. The summed E-state index contributed by atoms with van der Waals surface area (Å²) in [4.78, 5) is 47.3. The minimum atomic E-state index is -1.24. The molecule has 8 nitrogen and oxygen atoms in total. The number of rotatable bonds is 21. The van der Waals surface area contributed by atoms with Crippen LogP contribution in [0.2, 0.25) is 5.02 Å². The normalized spacial score (nSPS) is 12.1. The number of allylic oxidation sites excluding steroid dienone is 10. The van der Waals surface area contributed by atoms with Crippen molar-refractivity contribution >= 4 is 35.0 Å². The van der Waals surface area contributed by atoms with Gasteiger partial charge >= 0.3 is 0 Å².